The van der Waals surface area contributed by atoms with Crippen LogP contribution in [0.3, 0.4) is 0 Å². The number of carbonyl (C=O) groups is 1. The molecule has 2 N–H and O–H groups in total. The predicted molar refractivity (Wildman–Crippen MR) is 45.6 cm³/mol. The van der Waals surface area contributed by atoms with Crippen LogP contribution >= 0.6 is 0 Å². The second-order valence-electron chi connectivity index (χ2n) is 2.82. The Labute approximate surface area is 74.4 Å². The van der Waals surface area contributed by atoms with Crippen LogP contribution in [0, 0.1) is 6.92 Å². The Morgan fingerprint density at radius 2 is 2.31 bits per heavy atom. The fraction of sp³-hybridized carbons (Fsp3) is 0.375. The van der Waals surface area contributed by atoms with Gasteiger partial charge in [0.2, 0.25) is 0 Å². The standard InChI is InChI=1S/C8H10N2O3/c1-4(8(12)13)6-3-7(11)10-5(2)9-6/h3-4H,1-2H3,(H,12,13)(H,9,10,11). The molecule has 5 nitrogen and oxygen atoms in total. The molecule has 1 unspecified atom stereocenters. The van der Waals surface area contributed by atoms with Gasteiger partial charge in [0.05, 0.1) is 11.6 Å². The van der Waals surface area contributed by atoms with Gasteiger partial charge in [-0.1, -0.05) is 0 Å². The van der Waals surface area contributed by atoms with Crippen molar-refractivity contribution in [3.63, 3.8) is 0 Å². The number of nitrogens with zero attached hydrogens (tertiary/aromatic N) is 1. The van der Waals surface area contributed by atoms with Gasteiger partial charge in [-0.3, -0.25) is 9.59 Å². The number of aliphatic carboxylic acids is 1. The van der Waals surface area contributed by atoms with Crippen molar-refractivity contribution in [2.24, 2.45) is 0 Å². The minimum Gasteiger partial charge on any atom is -0.481 e. The summed E-state index contributed by atoms with van der Waals surface area (Å²) in [5, 5.41) is 8.66. The number of carboxylic acids is 1. The summed E-state index contributed by atoms with van der Waals surface area (Å²) in [4.78, 5) is 27.9. The first kappa shape index (κ1) is 9.44. The maximum atomic E-state index is 10.9. The van der Waals surface area contributed by atoms with E-state index < -0.39 is 11.9 Å². The van der Waals surface area contributed by atoms with Gasteiger partial charge >= 0.3 is 5.97 Å². The molecule has 1 aromatic rings. The van der Waals surface area contributed by atoms with Crippen LogP contribution in [-0.2, 0) is 4.79 Å². The maximum absolute atomic E-state index is 10.9. The smallest absolute Gasteiger partial charge is 0.312 e. The molecule has 5 heteroatoms. The van der Waals surface area contributed by atoms with Gasteiger partial charge in [0.1, 0.15) is 5.82 Å². The molecular weight excluding hydrogens is 172 g/mol. The van der Waals surface area contributed by atoms with Crippen LogP contribution in [0.1, 0.15) is 24.4 Å². The highest BCUT2D eigenvalue weighted by Crippen LogP contribution is 2.09. The Bertz CT molecular complexity index is 383. The van der Waals surface area contributed by atoms with Crippen molar-refractivity contribution in [3.8, 4) is 0 Å². The van der Waals surface area contributed by atoms with E-state index in [-0.39, 0.29) is 11.3 Å². The average Bonchev–Trinajstić information content (AvgIpc) is 2.01. The number of aryl methyl sites for hydroxylation is 1. The number of aromatic amines is 1. The molecule has 0 aromatic carbocycles. The van der Waals surface area contributed by atoms with Crippen molar-refractivity contribution >= 4 is 5.97 Å². The van der Waals surface area contributed by atoms with Gasteiger partial charge in [-0.2, -0.15) is 0 Å². The van der Waals surface area contributed by atoms with Gasteiger partial charge in [0, 0.05) is 6.07 Å². The molecule has 13 heavy (non-hydrogen) atoms. The minimum atomic E-state index is -0.988. The second-order valence-corrected chi connectivity index (χ2v) is 2.82. The highest BCUT2D eigenvalue weighted by atomic mass is 16.4. The lowest BCUT2D eigenvalue weighted by Crippen LogP contribution is -2.16. The first-order chi connectivity index (χ1) is 6.00. The number of rotatable bonds is 2. The molecule has 0 saturated carbocycles. The van der Waals surface area contributed by atoms with Crippen LogP contribution in [0.25, 0.3) is 0 Å². The number of hydrogen-bond acceptors (Lipinski definition) is 3. The number of hydrogen-bond donors (Lipinski definition) is 2. The van der Waals surface area contributed by atoms with Gasteiger partial charge in [-0.15, -0.1) is 0 Å². The molecule has 0 aliphatic heterocycles. The van der Waals surface area contributed by atoms with E-state index >= 15 is 0 Å². The maximum Gasteiger partial charge on any atom is 0.312 e. The summed E-state index contributed by atoms with van der Waals surface area (Å²) in [5.41, 5.74) is -0.0376. The minimum absolute atomic E-state index is 0.286. The van der Waals surface area contributed by atoms with Gasteiger partial charge in [-0.05, 0) is 13.8 Å². The van der Waals surface area contributed by atoms with Gasteiger partial charge in [0.25, 0.3) is 5.56 Å². The lowest BCUT2D eigenvalue weighted by Gasteiger charge is -2.04. The zero-order valence-corrected chi connectivity index (χ0v) is 7.37. The molecule has 0 fully saturated rings. The molecule has 70 valence electrons. The molecule has 1 atom stereocenters. The Kier molecular flexibility index (Phi) is 2.46. The molecule has 0 saturated heterocycles. The van der Waals surface area contributed by atoms with Crippen molar-refractivity contribution in [3.05, 3.63) is 27.9 Å². The van der Waals surface area contributed by atoms with Gasteiger partial charge in [-0.25, -0.2) is 4.98 Å². The molecule has 1 rings (SSSR count). The van der Waals surface area contributed by atoms with Crippen LogP contribution in [0.2, 0.25) is 0 Å². The van der Waals surface area contributed by atoms with Crippen LogP contribution in [0.5, 0.6) is 0 Å². The fourth-order valence-electron chi connectivity index (χ4n) is 0.951. The lowest BCUT2D eigenvalue weighted by molar-refractivity contribution is -0.138. The molecule has 0 aliphatic rings. The second kappa shape index (κ2) is 3.38. The first-order valence-electron chi connectivity index (χ1n) is 3.81. The third-order valence-corrected chi connectivity index (χ3v) is 1.69. The van der Waals surface area contributed by atoms with E-state index in [0.717, 1.165) is 0 Å². The molecule has 0 radical (unpaired) electrons. The van der Waals surface area contributed by atoms with Crippen molar-refractivity contribution in [2.45, 2.75) is 19.8 Å². The third kappa shape index (κ3) is 2.14. The van der Waals surface area contributed by atoms with Crippen LogP contribution in [-0.4, -0.2) is 21.0 Å². The lowest BCUT2D eigenvalue weighted by atomic mass is 10.1. The zero-order chi connectivity index (χ0) is 10.0. The molecular formula is C8H10N2O3. The van der Waals surface area contributed by atoms with E-state index in [1.54, 1.807) is 6.92 Å². The molecule has 0 amide bonds. The normalized spacial score (nSPS) is 12.5. The van der Waals surface area contributed by atoms with Crippen molar-refractivity contribution in [1.29, 1.82) is 0 Å². The fourth-order valence-corrected chi connectivity index (χ4v) is 0.951. The number of H-pyrrole nitrogens is 1. The summed E-state index contributed by atoms with van der Waals surface area (Å²) in [6, 6.07) is 1.20. The van der Waals surface area contributed by atoms with Crippen LogP contribution in [0.4, 0.5) is 0 Å². The topological polar surface area (TPSA) is 83.0 Å². The summed E-state index contributed by atoms with van der Waals surface area (Å²) in [6.45, 7) is 3.10. The van der Waals surface area contributed by atoms with E-state index in [4.69, 9.17) is 5.11 Å². The third-order valence-electron chi connectivity index (χ3n) is 1.69. The van der Waals surface area contributed by atoms with Crippen molar-refractivity contribution in [2.75, 3.05) is 0 Å². The number of aromatic nitrogens is 2. The largest absolute Gasteiger partial charge is 0.481 e. The van der Waals surface area contributed by atoms with Crippen molar-refractivity contribution < 1.29 is 9.90 Å². The zero-order valence-electron chi connectivity index (χ0n) is 7.37. The molecule has 0 bridgehead atoms. The summed E-state index contributed by atoms with van der Waals surface area (Å²) >= 11 is 0. The Morgan fingerprint density at radius 1 is 1.69 bits per heavy atom. The Hall–Kier alpha value is -1.65. The van der Waals surface area contributed by atoms with E-state index in [1.165, 1.54) is 13.0 Å². The van der Waals surface area contributed by atoms with E-state index in [0.29, 0.717) is 5.82 Å². The Balaban J connectivity index is 3.15. The van der Waals surface area contributed by atoms with Gasteiger partial charge < -0.3 is 10.1 Å². The monoisotopic (exact) mass is 182 g/mol. The summed E-state index contributed by atoms with van der Waals surface area (Å²) < 4.78 is 0. The number of carboxylic acid groups (broad SMARTS) is 1. The summed E-state index contributed by atoms with van der Waals surface area (Å²) in [7, 11) is 0. The summed E-state index contributed by atoms with van der Waals surface area (Å²) in [6.07, 6.45) is 0. The van der Waals surface area contributed by atoms with Gasteiger partial charge in [0.15, 0.2) is 0 Å². The van der Waals surface area contributed by atoms with Crippen LogP contribution in [0.15, 0.2) is 10.9 Å². The molecule has 0 spiro atoms. The quantitative estimate of drug-likeness (QED) is 0.687. The average molecular weight is 182 g/mol. The highest BCUT2D eigenvalue weighted by Gasteiger charge is 2.15. The first-order valence-corrected chi connectivity index (χ1v) is 3.81. The van der Waals surface area contributed by atoms with E-state index in [9.17, 15) is 9.59 Å². The van der Waals surface area contributed by atoms with Crippen molar-refractivity contribution in [1.82, 2.24) is 9.97 Å². The van der Waals surface area contributed by atoms with E-state index in [2.05, 4.69) is 9.97 Å². The summed E-state index contributed by atoms with van der Waals surface area (Å²) in [5.74, 6) is -1.31. The van der Waals surface area contributed by atoms with Crippen LogP contribution < -0.4 is 5.56 Å². The number of nitrogens with one attached hydrogen (secondary N) is 1. The SMILES string of the molecule is Cc1nc(C(C)C(=O)O)cc(=O)[nH]1. The molecule has 0 aliphatic carbocycles. The molecule has 1 heterocycles. The predicted octanol–water partition coefficient (Wildman–Crippen LogP) is 0.266. The van der Waals surface area contributed by atoms with E-state index in [1.807, 2.05) is 0 Å². The highest BCUT2D eigenvalue weighted by molar-refractivity contribution is 5.74. The Morgan fingerprint density at radius 3 is 2.77 bits per heavy atom. The molecule has 1 aromatic heterocycles.